The Balaban J connectivity index is 3.12. The molecule has 1 rings (SSSR count). The van der Waals surface area contributed by atoms with Gasteiger partial charge in [-0.05, 0) is 19.1 Å². The lowest BCUT2D eigenvalue weighted by atomic mass is 10.0. The number of rotatable bonds is 5. The lowest BCUT2D eigenvalue weighted by Gasteiger charge is -2.10. The highest BCUT2D eigenvalue weighted by Crippen LogP contribution is 2.15. The normalized spacial score (nSPS) is 11.1. The summed E-state index contributed by atoms with van der Waals surface area (Å²) in [5.41, 5.74) is 0.336. The summed E-state index contributed by atoms with van der Waals surface area (Å²) in [6, 6.07) is 6.45. The number of carbonyl (C=O) groups is 2. The Morgan fingerprint density at radius 3 is 2.58 bits per heavy atom. The van der Waals surface area contributed by atoms with Gasteiger partial charge in [-0.15, -0.1) is 0 Å². The SMILES string of the molecule is CCOC(=O)/C(=C\N(C)C)C(=O)c1cccc(Cl)c1. The summed E-state index contributed by atoms with van der Waals surface area (Å²) in [6.45, 7) is 1.90. The largest absolute Gasteiger partial charge is 0.462 e. The van der Waals surface area contributed by atoms with Crippen LogP contribution in [0.1, 0.15) is 17.3 Å². The molecule has 0 unspecified atom stereocenters. The predicted octanol–water partition coefficient (Wildman–Crippen LogP) is 2.53. The van der Waals surface area contributed by atoms with Crippen molar-refractivity contribution < 1.29 is 14.3 Å². The summed E-state index contributed by atoms with van der Waals surface area (Å²) < 4.78 is 4.89. The van der Waals surface area contributed by atoms with Gasteiger partial charge in [0.2, 0.25) is 5.78 Å². The van der Waals surface area contributed by atoms with Gasteiger partial charge in [0.15, 0.2) is 0 Å². The lowest BCUT2D eigenvalue weighted by Crippen LogP contribution is -2.19. The molecular formula is C14H16ClNO3. The summed E-state index contributed by atoms with van der Waals surface area (Å²) in [5.74, 6) is -1.05. The average molecular weight is 282 g/mol. The van der Waals surface area contributed by atoms with Gasteiger partial charge >= 0.3 is 5.97 Å². The first-order valence-electron chi connectivity index (χ1n) is 5.81. The van der Waals surface area contributed by atoms with E-state index in [2.05, 4.69) is 0 Å². The average Bonchev–Trinajstić information content (AvgIpc) is 2.35. The van der Waals surface area contributed by atoms with Gasteiger partial charge in [-0.2, -0.15) is 0 Å². The number of ether oxygens (including phenoxy) is 1. The first-order valence-corrected chi connectivity index (χ1v) is 6.19. The van der Waals surface area contributed by atoms with Crippen molar-refractivity contribution >= 4 is 23.4 Å². The van der Waals surface area contributed by atoms with Crippen molar-refractivity contribution in [3.63, 3.8) is 0 Å². The molecule has 0 bridgehead atoms. The second-order valence-electron chi connectivity index (χ2n) is 4.07. The molecule has 0 aliphatic heterocycles. The number of benzene rings is 1. The molecule has 0 fully saturated rings. The van der Waals surface area contributed by atoms with Crippen molar-refractivity contribution in [1.29, 1.82) is 0 Å². The summed E-state index contributed by atoms with van der Waals surface area (Å²) >= 11 is 5.84. The van der Waals surface area contributed by atoms with E-state index in [1.165, 1.54) is 12.3 Å². The maximum atomic E-state index is 12.3. The Bertz CT molecular complexity index is 509. The summed E-state index contributed by atoms with van der Waals surface area (Å²) in [7, 11) is 3.45. The van der Waals surface area contributed by atoms with Crippen LogP contribution < -0.4 is 0 Å². The summed E-state index contributed by atoms with van der Waals surface area (Å²) in [4.78, 5) is 25.7. The second kappa shape index (κ2) is 6.95. The van der Waals surface area contributed by atoms with Crippen LogP contribution in [0.15, 0.2) is 36.0 Å². The number of ketones is 1. The van der Waals surface area contributed by atoms with Gasteiger partial charge in [0, 0.05) is 30.9 Å². The first kappa shape index (κ1) is 15.2. The Hall–Kier alpha value is -1.81. The smallest absolute Gasteiger partial charge is 0.343 e. The molecule has 1 aromatic rings. The Labute approximate surface area is 117 Å². The molecule has 0 aromatic heterocycles. The van der Waals surface area contributed by atoms with E-state index in [1.807, 2.05) is 0 Å². The van der Waals surface area contributed by atoms with Crippen LogP contribution in [0, 0.1) is 0 Å². The van der Waals surface area contributed by atoms with Crippen LogP contribution in [0.4, 0.5) is 0 Å². The Morgan fingerprint density at radius 1 is 1.37 bits per heavy atom. The van der Waals surface area contributed by atoms with E-state index in [9.17, 15) is 9.59 Å². The van der Waals surface area contributed by atoms with Crippen LogP contribution in [-0.4, -0.2) is 37.4 Å². The highest BCUT2D eigenvalue weighted by atomic mass is 35.5. The van der Waals surface area contributed by atoms with Crippen molar-refractivity contribution in [3.05, 3.63) is 46.6 Å². The highest BCUT2D eigenvalue weighted by molar-refractivity contribution is 6.31. The molecule has 0 aliphatic rings. The molecule has 0 spiro atoms. The molecule has 5 heteroatoms. The van der Waals surface area contributed by atoms with Gasteiger partial charge in [-0.25, -0.2) is 4.79 Å². The van der Waals surface area contributed by atoms with Gasteiger partial charge in [-0.3, -0.25) is 4.79 Å². The zero-order valence-electron chi connectivity index (χ0n) is 11.1. The first-order chi connectivity index (χ1) is 8.95. The fourth-order valence-electron chi connectivity index (χ4n) is 1.46. The molecule has 0 N–H and O–H groups in total. The molecule has 0 heterocycles. The van der Waals surface area contributed by atoms with Crippen LogP contribution >= 0.6 is 11.6 Å². The molecule has 1 aromatic carbocycles. The fraction of sp³-hybridized carbons (Fsp3) is 0.286. The number of hydrogen-bond donors (Lipinski definition) is 0. The minimum atomic E-state index is -0.638. The minimum absolute atomic E-state index is 0.0193. The summed E-state index contributed by atoms with van der Waals surface area (Å²) in [5, 5.41) is 0.443. The van der Waals surface area contributed by atoms with Gasteiger partial charge in [0.1, 0.15) is 5.57 Å². The van der Waals surface area contributed by atoms with Gasteiger partial charge in [0.25, 0.3) is 0 Å². The van der Waals surface area contributed by atoms with E-state index >= 15 is 0 Å². The number of nitrogens with zero attached hydrogens (tertiary/aromatic N) is 1. The monoisotopic (exact) mass is 281 g/mol. The molecule has 0 atom stereocenters. The van der Waals surface area contributed by atoms with E-state index < -0.39 is 11.8 Å². The maximum Gasteiger partial charge on any atom is 0.343 e. The third-order valence-electron chi connectivity index (χ3n) is 2.21. The predicted molar refractivity (Wildman–Crippen MR) is 74.2 cm³/mol. The molecular weight excluding hydrogens is 266 g/mol. The molecule has 0 radical (unpaired) electrons. The van der Waals surface area contributed by atoms with Gasteiger partial charge in [-0.1, -0.05) is 23.7 Å². The molecule has 0 saturated heterocycles. The number of halogens is 1. The van der Waals surface area contributed by atoms with Crippen LogP contribution in [-0.2, 0) is 9.53 Å². The third-order valence-corrected chi connectivity index (χ3v) is 2.45. The lowest BCUT2D eigenvalue weighted by molar-refractivity contribution is -0.138. The number of Topliss-reactive ketones (excluding diaryl/α,β-unsaturated/α-hetero) is 1. The Kier molecular flexibility index (Phi) is 5.57. The van der Waals surface area contributed by atoms with Crippen molar-refractivity contribution in [2.24, 2.45) is 0 Å². The van der Waals surface area contributed by atoms with Crippen LogP contribution in [0.2, 0.25) is 5.02 Å². The number of esters is 1. The standard InChI is InChI=1S/C14H16ClNO3/c1-4-19-14(18)12(9-16(2)3)13(17)10-6-5-7-11(15)8-10/h5-9H,4H2,1-3H3/b12-9-. The molecule has 4 nitrogen and oxygen atoms in total. The van der Waals surface area contributed by atoms with Crippen LogP contribution in [0.25, 0.3) is 0 Å². The molecule has 0 aliphatic carbocycles. The molecule has 0 amide bonds. The van der Waals surface area contributed by atoms with E-state index in [0.29, 0.717) is 10.6 Å². The van der Waals surface area contributed by atoms with Crippen LogP contribution in [0.3, 0.4) is 0 Å². The number of hydrogen-bond acceptors (Lipinski definition) is 4. The fourth-order valence-corrected chi connectivity index (χ4v) is 1.65. The second-order valence-corrected chi connectivity index (χ2v) is 4.50. The van der Waals surface area contributed by atoms with Crippen molar-refractivity contribution in [2.45, 2.75) is 6.92 Å². The maximum absolute atomic E-state index is 12.3. The Morgan fingerprint density at radius 2 is 2.05 bits per heavy atom. The van der Waals surface area contributed by atoms with E-state index in [0.717, 1.165) is 0 Å². The topological polar surface area (TPSA) is 46.6 Å². The summed E-state index contributed by atoms with van der Waals surface area (Å²) in [6.07, 6.45) is 1.45. The van der Waals surface area contributed by atoms with E-state index in [-0.39, 0.29) is 12.2 Å². The zero-order chi connectivity index (χ0) is 14.4. The quantitative estimate of drug-likeness (QED) is 0.274. The molecule has 19 heavy (non-hydrogen) atoms. The van der Waals surface area contributed by atoms with Gasteiger partial charge in [0.05, 0.1) is 6.61 Å². The zero-order valence-corrected chi connectivity index (χ0v) is 11.9. The van der Waals surface area contributed by atoms with Gasteiger partial charge < -0.3 is 9.64 Å². The third kappa shape index (κ3) is 4.41. The van der Waals surface area contributed by atoms with E-state index in [4.69, 9.17) is 16.3 Å². The van der Waals surface area contributed by atoms with Crippen molar-refractivity contribution in [1.82, 2.24) is 4.90 Å². The number of carbonyl (C=O) groups excluding carboxylic acids is 2. The van der Waals surface area contributed by atoms with Crippen molar-refractivity contribution in [3.8, 4) is 0 Å². The van der Waals surface area contributed by atoms with Crippen molar-refractivity contribution in [2.75, 3.05) is 20.7 Å². The minimum Gasteiger partial charge on any atom is -0.462 e. The van der Waals surface area contributed by atoms with E-state index in [1.54, 1.807) is 44.1 Å². The molecule has 0 saturated carbocycles. The van der Waals surface area contributed by atoms with Crippen LogP contribution in [0.5, 0.6) is 0 Å². The highest BCUT2D eigenvalue weighted by Gasteiger charge is 2.21. The molecule has 102 valence electrons.